The predicted octanol–water partition coefficient (Wildman–Crippen LogP) is 2.48. The Balaban J connectivity index is 2.46. The van der Waals surface area contributed by atoms with Crippen molar-refractivity contribution in [1.29, 1.82) is 0 Å². The Morgan fingerprint density at radius 2 is 1.95 bits per heavy atom. The molecule has 1 aromatic carbocycles. The molecule has 0 radical (unpaired) electrons. The van der Waals surface area contributed by atoms with E-state index in [1.54, 1.807) is 13.1 Å². The smallest absolute Gasteiger partial charge is 0.194 e. The average Bonchev–Trinajstić information content (AvgIpc) is 2.77. The molecular weight excluding hydrogens is 257 g/mol. The van der Waals surface area contributed by atoms with Crippen LogP contribution in [0.25, 0.3) is 0 Å². The van der Waals surface area contributed by atoms with Crippen molar-refractivity contribution in [2.24, 2.45) is 7.05 Å². The highest BCUT2D eigenvalue weighted by Gasteiger charge is 2.23. The molecule has 1 N–H and O–H groups in total. The third kappa shape index (κ3) is 2.35. The number of aliphatic hydroxyl groups excluding tert-OH is 1. The second-order valence-electron chi connectivity index (χ2n) is 4.20. The Labute approximate surface area is 108 Å². The summed E-state index contributed by atoms with van der Waals surface area (Å²) in [7, 11) is 1.59. The number of aromatic nitrogens is 2. The minimum absolute atomic E-state index is 0.315. The Kier molecular flexibility index (Phi) is 3.61. The molecular formula is C13H13F3N2O. The summed E-state index contributed by atoms with van der Waals surface area (Å²) in [5.41, 5.74) is 0.728. The van der Waals surface area contributed by atoms with Crippen LogP contribution in [0, 0.1) is 17.5 Å². The van der Waals surface area contributed by atoms with Gasteiger partial charge in [0.25, 0.3) is 0 Å². The lowest BCUT2D eigenvalue weighted by molar-refractivity contribution is 0.202. The van der Waals surface area contributed by atoms with Gasteiger partial charge in [-0.1, -0.05) is 6.92 Å². The fourth-order valence-corrected chi connectivity index (χ4v) is 1.88. The zero-order chi connectivity index (χ0) is 14.2. The van der Waals surface area contributed by atoms with Gasteiger partial charge in [-0.05, 0) is 24.6 Å². The molecule has 0 aliphatic rings. The average molecular weight is 270 g/mol. The minimum Gasteiger partial charge on any atom is -0.382 e. The van der Waals surface area contributed by atoms with Gasteiger partial charge in [-0.3, -0.25) is 4.68 Å². The molecule has 0 spiro atoms. The molecule has 0 amide bonds. The van der Waals surface area contributed by atoms with Gasteiger partial charge in [-0.25, -0.2) is 13.2 Å². The summed E-state index contributed by atoms with van der Waals surface area (Å²) in [6.07, 6.45) is -0.742. The van der Waals surface area contributed by atoms with Gasteiger partial charge in [0.2, 0.25) is 0 Å². The van der Waals surface area contributed by atoms with Crippen molar-refractivity contribution in [2.45, 2.75) is 19.4 Å². The maximum Gasteiger partial charge on any atom is 0.194 e. The number of aliphatic hydroxyl groups is 1. The third-order valence-electron chi connectivity index (χ3n) is 2.97. The van der Waals surface area contributed by atoms with E-state index >= 15 is 0 Å². The van der Waals surface area contributed by atoms with Crippen molar-refractivity contribution in [3.8, 4) is 0 Å². The van der Waals surface area contributed by atoms with E-state index in [9.17, 15) is 18.3 Å². The third-order valence-corrected chi connectivity index (χ3v) is 2.97. The summed E-state index contributed by atoms with van der Waals surface area (Å²) < 4.78 is 41.0. The molecule has 6 heteroatoms. The first kappa shape index (κ1) is 13.6. The van der Waals surface area contributed by atoms with E-state index in [1.807, 2.05) is 6.92 Å². The summed E-state index contributed by atoms with van der Waals surface area (Å²) in [6, 6.07) is 3.41. The van der Waals surface area contributed by atoms with Crippen molar-refractivity contribution in [3.63, 3.8) is 0 Å². The van der Waals surface area contributed by atoms with E-state index in [0.717, 1.165) is 17.8 Å². The summed E-state index contributed by atoms with van der Waals surface area (Å²) in [4.78, 5) is 0. The Hall–Kier alpha value is -1.82. The van der Waals surface area contributed by atoms with Crippen molar-refractivity contribution < 1.29 is 18.3 Å². The van der Waals surface area contributed by atoms with E-state index < -0.39 is 23.6 Å². The molecule has 3 nitrogen and oxygen atoms in total. The van der Waals surface area contributed by atoms with E-state index in [4.69, 9.17) is 0 Å². The molecule has 0 aliphatic carbocycles. The number of rotatable bonds is 3. The quantitative estimate of drug-likeness (QED) is 0.870. The summed E-state index contributed by atoms with van der Waals surface area (Å²) in [6.45, 7) is 1.89. The molecule has 1 aromatic heterocycles. The van der Waals surface area contributed by atoms with E-state index in [1.165, 1.54) is 4.68 Å². The van der Waals surface area contributed by atoms with Gasteiger partial charge in [0.05, 0.1) is 11.4 Å². The molecule has 0 bridgehead atoms. The highest BCUT2D eigenvalue weighted by Crippen LogP contribution is 2.27. The molecule has 0 saturated carbocycles. The lowest BCUT2D eigenvalue weighted by Gasteiger charge is -2.12. The van der Waals surface area contributed by atoms with Crippen LogP contribution >= 0.6 is 0 Å². The fraction of sp³-hybridized carbons (Fsp3) is 0.308. The highest BCUT2D eigenvalue weighted by molar-refractivity contribution is 5.29. The van der Waals surface area contributed by atoms with Gasteiger partial charge in [-0.2, -0.15) is 5.10 Å². The minimum atomic E-state index is -1.59. The van der Waals surface area contributed by atoms with Crippen LogP contribution in [0.5, 0.6) is 0 Å². The van der Waals surface area contributed by atoms with Gasteiger partial charge in [0.1, 0.15) is 6.10 Å². The molecule has 1 unspecified atom stereocenters. The molecule has 0 saturated heterocycles. The summed E-state index contributed by atoms with van der Waals surface area (Å²) in [5, 5.41) is 14.2. The van der Waals surface area contributed by atoms with Crippen LogP contribution in [0.3, 0.4) is 0 Å². The van der Waals surface area contributed by atoms with Gasteiger partial charge in [-0.15, -0.1) is 0 Å². The van der Waals surface area contributed by atoms with Crippen LogP contribution in [0.15, 0.2) is 18.2 Å². The molecule has 2 aromatic rings. The maximum atomic E-state index is 13.6. The SMILES string of the molecule is CCc1cc(C(O)c2ccc(F)c(F)c2F)n(C)n1. The van der Waals surface area contributed by atoms with Crippen LogP contribution in [0.4, 0.5) is 13.2 Å². The lowest BCUT2D eigenvalue weighted by Crippen LogP contribution is -2.10. The van der Waals surface area contributed by atoms with Crippen LogP contribution < -0.4 is 0 Å². The Morgan fingerprint density at radius 3 is 2.53 bits per heavy atom. The Bertz CT molecular complexity index is 610. The number of benzene rings is 1. The zero-order valence-corrected chi connectivity index (χ0v) is 10.5. The van der Waals surface area contributed by atoms with E-state index in [-0.39, 0.29) is 5.56 Å². The van der Waals surface area contributed by atoms with Crippen LogP contribution in [-0.4, -0.2) is 14.9 Å². The molecule has 0 aliphatic heterocycles. The predicted molar refractivity (Wildman–Crippen MR) is 63.0 cm³/mol. The fourth-order valence-electron chi connectivity index (χ4n) is 1.88. The number of hydrogen-bond donors (Lipinski definition) is 1. The number of hydrogen-bond acceptors (Lipinski definition) is 2. The standard InChI is InChI=1S/C13H13F3N2O/c1-3-7-6-10(18(2)17-7)13(19)8-4-5-9(14)12(16)11(8)15/h4-6,13,19H,3H2,1-2H3. The monoisotopic (exact) mass is 270 g/mol. The maximum absolute atomic E-state index is 13.6. The van der Waals surface area contributed by atoms with Crippen molar-refractivity contribution in [1.82, 2.24) is 9.78 Å². The van der Waals surface area contributed by atoms with Gasteiger partial charge < -0.3 is 5.11 Å². The summed E-state index contributed by atoms with van der Waals surface area (Å²) in [5.74, 6) is -4.26. The first-order valence-electron chi connectivity index (χ1n) is 5.80. The molecule has 2 rings (SSSR count). The first-order valence-corrected chi connectivity index (χ1v) is 5.80. The van der Waals surface area contributed by atoms with Gasteiger partial charge in [0, 0.05) is 12.6 Å². The normalized spacial score (nSPS) is 12.7. The van der Waals surface area contributed by atoms with Gasteiger partial charge in [0.15, 0.2) is 17.5 Å². The Morgan fingerprint density at radius 1 is 1.26 bits per heavy atom. The zero-order valence-electron chi connectivity index (χ0n) is 10.5. The number of nitrogens with zero attached hydrogens (tertiary/aromatic N) is 2. The van der Waals surface area contributed by atoms with Crippen molar-refractivity contribution in [3.05, 3.63) is 52.6 Å². The second-order valence-corrected chi connectivity index (χ2v) is 4.20. The molecule has 102 valence electrons. The van der Waals surface area contributed by atoms with Crippen LogP contribution in [0.2, 0.25) is 0 Å². The second kappa shape index (κ2) is 5.05. The van der Waals surface area contributed by atoms with Crippen molar-refractivity contribution in [2.75, 3.05) is 0 Å². The number of aryl methyl sites for hydroxylation is 2. The topological polar surface area (TPSA) is 38.0 Å². The molecule has 0 fully saturated rings. The van der Waals surface area contributed by atoms with Crippen LogP contribution in [0.1, 0.15) is 30.0 Å². The lowest BCUT2D eigenvalue weighted by atomic mass is 10.0. The molecule has 1 atom stereocenters. The number of halogens is 3. The summed E-state index contributed by atoms with van der Waals surface area (Å²) >= 11 is 0. The first-order chi connectivity index (χ1) is 8.95. The molecule has 19 heavy (non-hydrogen) atoms. The van der Waals surface area contributed by atoms with Gasteiger partial charge >= 0.3 is 0 Å². The van der Waals surface area contributed by atoms with E-state index in [0.29, 0.717) is 12.1 Å². The van der Waals surface area contributed by atoms with Crippen LogP contribution in [-0.2, 0) is 13.5 Å². The highest BCUT2D eigenvalue weighted by atomic mass is 19.2. The largest absolute Gasteiger partial charge is 0.382 e. The van der Waals surface area contributed by atoms with E-state index in [2.05, 4.69) is 5.10 Å². The van der Waals surface area contributed by atoms with Crippen molar-refractivity contribution >= 4 is 0 Å². The molecule has 1 heterocycles.